The van der Waals surface area contributed by atoms with Crippen molar-refractivity contribution in [3.8, 4) is 0 Å². The van der Waals surface area contributed by atoms with E-state index in [1.54, 1.807) is 6.92 Å². The van der Waals surface area contributed by atoms with E-state index in [1.807, 2.05) is 11.9 Å². The minimum atomic E-state index is 0.233. The predicted octanol–water partition coefficient (Wildman–Crippen LogP) is 0.605. The number of likely N-dealkylation sites (N-methyl/N-ethyl adjacent to an activating group) is 1. The van der Waals surface area contributed by atoms with E-state index in [0.717, 1.165) is 12.5 Å². The van der Waals surface area contributed by atoms with Crippen molar-refractivity contribution in [2.24, 2.45) is 5.92 Å². The molecule has 2 fully saturated rings. The first-order valence-corrected chi connectivity index (χ1v) is 5.18. The van der Waals surface area contributed by atoms with Gasteiger partial charge in [-0.25, -0.2) is 0 Å². The van der Waals surface area contributed by atoms with E-state index in [-0.39, 0.29) is 5.91 Å². The van der Waals surface area contributed by atoms with E-state index >= 15 is 0 Å². The van der Waals surface area contributed by atoms with Crippen molar-refractivity contribution < 1.29 is 4.79 Å². The molecule has 2 rings (SSSR count). The summed E-state index contributed by atoms with van der Waals surface area (Å²) in [4.78, 5) is 13.2. The lowest BCUT2D eigenvalue weighted by molar-refractivity contribution is -0.137. The molecular formula is C10H18N2O. The van der Waals surface area contributed by atoms with Crippen molar-refractivity contribution in [3.05, 3.63) is 0 Å². The normalized spacial score (nSPS) is 29.7. The van der Waals surface area contributed by atoms with Gasteiger partial charge in [-0.3, -0.25) is 4.79 Å². The second kappa shape index (κ2) is 3.29. The minimum Gasteiger partial charge on any atom is -0.338 e. The molecular weight excluding hydrogens is 164 g/mol. The fourth-order valence-corrected chi connectivity index (χ4v) is 2.37. The zero-order chi connectivity index (χ0) is 9.42. The van der Waals surface area contributed by atoms with Crippen molar-refractivity contribution in [3.63, 3.8) is 0 Å². The van der Waals surface area contributed by atoms with Gasteiger partial charge in [-0.2, -0.15) is 0 Å². The lowest BCUT2D eigenvalue weighted by atomic mass is 9.92. The van der Waals surface area contributed by atoms with Gasteiger partial charge in [0.2, 0.25) is 5.91 Å². The van der Waals surface area contributed by atoms with Gasteiger partial charge in [-0.1, -0.05) is 0 Å². The van der Waals surface area contributed by atoms with Crippen LogP contribution in [0, 0.1) is 5.92 Å². The summed E-state index contributed by atoms with van der Waals surface area (Å²) in [7, 11) is 2.01. The molecule has 0 spiro atoms. The number of amides is 1. The number of carbonyl (C=O) groups excluding carboxylic acids is 1. The van der Waals surface area contributed by atoms with Gasteiger partial charge in [0.1, 0.15) is 0 Å². The second-order valence-corrected chi connectivity index (χ2v) is 4.22. The smallest absolute Gasteiger partial charge is 0.219 e. The van der Waals surface area contributed by atoms with Crippen LogP contribution in [0.1, 0.15) is 26.2 Å². The van der Waals surface area contributed by atoms with E-state index < -0.39 is 0 Å². The van der Waals surface area contributed by atoms with E-state index in [4.69, 9.17) is 0 Å². The number of carbonyl (C=O) groups is 1. The molecule has 3 nitrogen and oxygen atoms in total. The summed E-state index contributed by atoms with van der Waals surface area (Å²) in [5.74, 6) is 1.06. The largest absolute Gasteiger partial charge is 0.338 e. The summed E-state index contributed by atoms with van der Waals surface area (Å²) in [5, 5.41) is 3.36. The molecule has 0 aromatic carbocycles. The molecule has 13 heavy (non-hydrogen) atoms. The quantitative estimate of drug-likeness (QED) is 0.693. The predicted molar refractivity (Wildman–Crippen MR) is 51.4 cm³/mol. The van der Waals surface area contributed by atoms with Crippen LogP contribution in [0.5, 0.6) is 0 Å². The zero-order valence-corrected chi connectivity index (χ0v) is 8.42. The first-order valence-electron chi connectivity index (χ1n) is 5.18. The average Bonchev–Trinajstić information content (AvgIpc) is 2.78. The van der Waals surface area contributed by atoms with E-state index in [9.17, 15) is 4.79 Å². The van der Waals surface area contributed by atoms with Crippen molar-refractivity contribution in [1.29, 1.82) is 0 Å². The number of hydrogen-bond acceptors (Lipinski definition) is 2. The van der Waals surface area contributed by atoms with Gasteiger partial charge >= 0.3 is 0 Å². The maximum atomic E-state index is 11.2. The number of likely N-dealkylation sites (tertiary alicyclic amines) is 1. The number of nitrogens with zero attached hydrogens (tertiary/aromatic N) is 1. The lowest BCUT2D eigenvalue weighted by Crippen LogP contribution is -2.60. The van der Waals surface area contributed by atoms with Crippen molar-refractivity contribution in [2.45, 2.75) is 38.3 Å². The van der Waals surface area contributed by atoms with E-state index in [0.29, 0.717) is 12.1 Å². The molecule has 0 aromatic heterocycles. The Balaban J connectivity index is 1.94. The first kappa shape index (κ1) is 9.00. The number of hydrogen-bond donors (Lipinski definition) is 1. The molecule has 1 aliphatic heterocycles. The van der Waals surface area contributed by atoms with Crippen LogP contribution in [-0.4, -0.2) is 36.5 Å². The molecule has 3 heteroatoms. The molecule has 2 atom stereocenters. The van der Waals surface area contributed by atoms with Crippen LogP contribution in [0.2, 0.25) is 0 Å². The standard InChI is InChI=1S/C10H18N2O/c1-7(13)12-6-5-9(12)10(11-2)8-3-4-8/h8-11H,3-6H2,1-2H3. The van der Waals surface area contributed by atoms with Crippen molar-refractivity contribution >= 4 is 5.91 Å². The first-order chi connectivity index (χ1) is 6.24. The second-order valence-electron chi connectivity index (χ2n) is 4.22. The Morgan fingerprint density at radius 3 is 2.46 bits per heavy atom. The van der Waals surface area contributed by atoms with Gasteiger partial charge in [0.15, 0.2) is 0 Å². The van der Waals surface area contributed by atoms with Crippen LogP contribution >= 0.6 is 0 Å². The third kappa shape index (κ3) is 1.57. The van der Waals surface area contributed by atoms with Crippen molar-refractivity contribution in [2.75, 3.05) is 13.6 Å². The summed E-state index contributed by atoms with van der Waals surface area (Å²) in [6.45, 7) is 2.64. The molecule has 0 radical (unpaired) electrons. The zero-order valence-electron chi connectivity index (χ0n) is 8.42. The lowest BCUT2D eigenvalue weighted by Gasteiger charge is -2.45. The molecule has 2 aliphatic rings. The van der Waals surface area contributed by atoms with Crippen LogP contribution in [0.15, 0.2) is 0 Å². The topological polar surface area (TPSA) is 32.3 Å². The highest BCUT2D eigenvalue weighted by Gasteiger charge is 2.42. The number of rotatable bonds is 3. The van der Waals surface area contributed by atoms with Gasteiger partial charge in [0.25, 0.3) is 0 Å². The molecule has 0 bridgehead atoms. The third-order valence-corrected chi connectivity index (χ3v) is 3.35. The summed E-state index contributed by atoms with van der Waals surface area (Å²) < 4.78 is 0. The fraction of sp³-hybridized carbons (Fsp3) is 0.900. The Hall–Kier alpha value is -0.570. The summed E-state index contributed by atoms with van der Waals surface area (Å²) in [5.41, 5.74) is 0. The van der Waals surface area contributed by atoms with E-state index in [1.165, 1.54) is 19.3 Å². The molecule has 1 aliphatic carbocycles. The van der Waals surface area contributed by atoms with Crippen molar-refractivity contribution in [1.82, 2.24) is 10.2 Å². The molecule has 1 N–H and O–H groups in total. The van der Waals surface area contributed by atoms with Crippen LogP contribution in [0.3, 0.4) is 0 Å². The molecule has 1 saturated heterocycles. The molecule has 0 aromatic rings. The fourth-order valence-electron chi connectivity index (χ4n) is 2.37. The van der Waals surface area contributed by atoms with Crippen LogP contribution in [-0.2, 0) is 4.79 Å². The Morgan fingerprint density at radius 2 is 2.15 bits per heavy atom. The molecule has 1 saturated carbocycles. The Labute approximate surface area is 79.5 Å². The third-order valence-electron chi connectivity index (χ3n) is 3.35. The van der Waals surface area contributed by atoms with Crippen LogP contribution in [0.4, 0.5) is 0 Å². The van der Waals surface area contributed by atoms with Gasteiger partial charge < -0.3 is 10.2 Å². The molecule has 74 valence electrons. The van der Waals surface area contributed by atoms with E-state index in [2.05, 4.69) is 5.32 Å². The SMILES string of the molecule is CNC(C1CC1)C1CCN1C(C)=O. The van der Waals surface area contributed by atoms with Crippen LogP contribution in [0.25, 0.3) is 0 Å². The summed E-state index contributed by atoms with van der Waals surface area (Å²) in [6.07, 6.45) is 3.86. The number of nitrogens with one attached hydrogen (secondary N) is 1. The highest BCUT2D eigenvalue weighted by molar-refractivity contribution is 5.74. The minimum absolute atomic E-state index is 0.233. The summed E-state index contributed by atoms with van der Waals surface area (Å²) >= 11 is 0. The van der Waals surface area contributed by atoms with Gasteiger partial charge in [-0.05, 0) is 32.2 Å². The van der Waals surface area contributed by atoms with Gasteiger partial charge in [0, 0.05) is 25.6 Å². The highest BCUT2D eigenvalue weighted by atomic mass is 16.2. The van der Waals surface area contributed by atoms with Crippen LogP contribution < -0.4 is 5.32 Å². The maximum Gasteiger partial charge on any atom is 0.219 e. The molecule has 1 heterocycles. The molecule has 1 amide bonds. The Morgan fingerprint density at radius 1 is 1.46 bits per heavy atom. The maximum absolute atomic E-state index is 11.2. The Bertz CT molecular complexity index is 213. The monoisotopic (exact) mass is 182 g/mol. The van der Waals surface area contributed by atoms with Gasteiger partial charge in [-0.15, -0.1) is 0 Å². The average molecular weight is 182 g/mol. The summed E-state index contributed by atoms with van der Waals surface area (Å²) in [6, 6.07) is 1.03. The highest BCUT2D eigenvalue weighted by Crippen LogP contribution is 2.38. The Kier molecular flexibility index (Phi) is 2.28. The molecule has 2 unspecified atom stereocenters. The van der Waals surface area contributed by atoms with Gasteiger partial charge in [0.05, 0.1) is 0 Å².